The zero-order valence-corrected chi connectivity index (χ0v) is 18.7. The Balaban J connectivity index is 1.56. The maximum Gasteiger partial charge on any atom is 0.225 e. The molecular formula is C23H26ClNO8. The van der Waals surface area contributed by atoms with Crippen LogP contribution in [0.4, 0.5) is 0 Å². The van der Waals surface area contributed by atoms with E-state index in [0.717, 1.165) is 11.1 Å². The van der Waals surface area contributed by atoms with Crippen molar-refractivity contribution < 1.29 is 39.5 Å². The second-order valence-corrected chi connectivity index (χ2v) is 8.48. The molecule has 0 amide bonds. The van der Waals surface area contributed by atoms with Gasteiger partial charge in [0.2, 0.25) is 5.79 Å². The van der Waals surface area contributed by atoms with E-state index in [0.29, 0.717) is 22.8 Å². The molecule has 2 aromatic carbocycles. The summed E-state index contributed by atoms with van der Waals surface area (Å²) in [5.41, 5.74) is 0.600. The molecule has 0 aromatic heterocycles. The molecule has 0 spiro atoms. The molecule has 2 aliphatic heterocycles. The lowest BCUT2D eigenvalue weighted by atomic mass is 9.83. The summed E-state index contributed by atoms with van der Waals surface area (Å²) >= 11 is 6.43. The molecule has 2 heterocycles. The Kier molecular flexibility index (Phi) is 6.92. The Morgan fingerprint density at radius 3 is 2.61 bits per heavy atom. The van der Waals surface area contributed by atoms with Crippen LogP contribution in [0.5, 0.6) is 5.75 Å². The van der Waals surface area contributed by atoms with Crippen molar-refractivity contribution in [3.8, 4) is 5.75 Å². The van der Waals surface area contributed by atoms with Crippen LogP contribution in [0.1, 0.15) is 16.7 Å². The molecular weight excluding hydrogens is 454 g/mol. The average Bonchev–Trinajstić information content (AvgIpc) is 3.22. The fraction of sp³-hybridized carbons (Fsp3) is 0.435. The standard InChI is InChI=1S/C23H26ClNO8/c1-30-25-8-9-31-17-5-2-14(3-6-17)10-15-11-16(4-7-18(15)24)23-21(29)19(27)20(28)22(12-26,33-23)13-32-23/h2-8,11,19-21,26-29H,9-10,12-13H2,1H3/t19-,20-,21+,22-,23-/m0/s1. The lowest BCUT2D eigenvalue weighted by Gasteiger charge is -2.46. The average molecular weight is 480 g/mol. The van der Waals surface area contributed by atoms with Crippen molar-refractivity contribution >= 4 is 17.8 Å². The second-order valence-electron chi connectivity index (χ2n) is 8.07. The van der Waals surface area contributed by atoms with Crippen LogP contribution < -0.4 is 4.74 Å². The predicted octanol–water partition coefficient (Wildman–Crippen LogP) is 0.969. The Morgan fingerprint density at radius 1 is 1.15 bits per heavy atom. The number of oxime groups is 1. The number of rotatable bonds is 8. The fourth-order valence-electron chi connectivity index (χ4n) is 4.16. The van der Waals surface area contributed by atoms with Crippen molar-refractivity contribution in [3.05, 3.63) is 64.2 Å². The summed E-state index contributed by atoms with van der Waals surface area (Å²) in [5, 5.41) is 45.4. The van der Waals surface area contributed by atoms with Crippen LogP contribution in [0.2, 0.25) is 5.02 Å². The summed E-state index contributed by atoms with van der Waals surface area (Å²) in [6.07, 6.45) is -2.65. The minimum atomic E-state index is -1.73. The number of hydrogen-bond donors (Lipinski definition) is 4. The number of aliphatic hydroxyl groups excluding tert-OH is 4. The minimum Gasteiger partial charge on any atom is -0.488 e. The van der Waals surface area contributed by atoms with Crippen LogP contribution in [0.15, 0.2) is 47.6 Å². The number of aliphatic hydroxyl groups is 4. The Morgan fingerprint density at radius 2 is 1.91 bits per heavy atom. The van der Waals surface area contributed by atoms with E-state index in [4.69, 9.17) is 25.8 Å². The SMILES string of the molecule is CON=CCOc1ccc(Cc2cc([C@]34OC[C@](CO)(O3)[C@@H](O)[C@H](O)[C@H]4O)ccc2Cl)cc1. The van der Waals surface area contributed by atoms with Gasteiger partial charge in [0.1, 0.15) is 43.4 Å². The molecule has 5 atom stereocenters. The van der Waals surface area contributed by atoms with E-state index in [2.05, 4.69) is 9.99 Å². The second kappa shape index (κ2) is 9.55. The van der Waals surface area contributed by atoms with Crippen LogP contribution in [-0.2, 0) is 26.5 Å². The minimum absolute atomic E-state index is 0.187. The molecule has 2 fully saturated rings. The summed E-state index contributed by atoms with van der Waals surface area (Å²) in [6, 6.07) is 12.5. The first kappa shape index (κ1) is 23.9. The van der Waals surface area contributed by atoms with Crippen LogP contribution in [0, 0.1) is 0 Å². The van der Waals surface area contributed by atoms with Crippen molar-refractivity contribution in [1.82, 2.24) is 0 Å². The van der Waals surface area contributed by atoms with Gasteiger partial charge in [0, 0.05) is 10.6 Å². The van der Waals surface area contributed by atoms with Gasteiger partial charge in [-0.15, -0.1) is 0 Å². The Bertz CT molecular complexity index is 1000. The zero-order chi connectivity index (χ0) is 23.6. The van der Waals surface area contributed by atoms with Gasteiger partial charge in [0.15, 0.2) is 0 Å². The molecule has 0 aliphatic carbocycles. The summed E-state index contributed by atoms with van der Waals surface area (Å²) in [5.74, 6) is -1.06. The van der Waals surface area contributed by atoms with Gasteiger partial charge in [-0.3, -0.25) is 0 Å². The molecule has 2 aromatic rings. The van der Waals surface area contributed by atoms with E-state index >= 15 is 0 Å². The fourth-order valence-corrected chi connectivity index (χ4v) is 4.35. The van der Waals surface area contributed by atoms with Crippen LogP contribution >= 0.6 is 11.6 Å². The molecule has 0 radical (unpaired) electrons. The maximum absolute atomic E-state index is 10.7. The third-order valence-corrected chi connectivity index (χ3v) is 6.37. The van der Waals surface area contributed by atoms with Gasteiger partial charge in [-0.2, -0.15) is 0 Å². The van der Waals surface area contributed by atoms with Crippen LogP contribution in [0.3, 0.4) is 0 Å². The van der Waals surface area contributed by atoms with Gasteiger partial charge in [0.25, 0.3) is 0 Å². The van der Waals surface area contributed by atoms with Gasteiger partial charge >= 0.3 is 0 Å². The first-order valence-electron chi connectivity index (χ1n) is 10.4. The van der Waals surface area contributed by atoms with Gasteiger partial charge in [-0.1, -0.05) is 35.0 Å². The van der Waals surface area contributed by atoms with Gasteiger partial charge in [-0.25, -0.2) is 0 Å². The van der Waals surface area contributed by atoms with E-state index in [9.17, 15) is 20.4 Å². The summed E-state index contributed by atoms with van der Waals surface area (Å²) in [4.78, 5) is 4.58. The lowest BCUT2D eigenvalue weighted by Crippen LogP contribution is -2.65. The van der Waals surface area contributed by atoms with Gasteiger partial charge < -0.3 is 39.5 Å². The largest absolute Gasteiger partial charge is 0.488 e. The van der Waals surface area contributed by atoms with Crippen LogP contribution in [0.25, 0.3) is 0 Å². The van der Waals surface area contributed by atoms with E-state index in [1.165, 1.54) is 13.3 Å². The molecule has 4 rings (SSSR count). The van der Waals surface area contributed by atoms with Gasteiger partial charge in [-0.05, 0) is 41.8 Å². The number of halogens is 1. The highest BCUT2D eigenvalue weighted by molar-refractivity contribution is 6.31. The maximum atomic E-state index is 10.7. The number of benzene rings is 2. The van der Waals surface area contributed by atoms with Crippen molar-refractivity contribution in [3.63, 3.8) is 0 Å². The van der Waals surface area contributed by atoms with E-state index in [1.807, 2.05) is 24.3 Å². The molecule has 9 nitrogen and oxygen atoms in total. The lowest BCUT2D eigenvalue weighted by molar-refractivity contribution is -0.329. The molecule has 33 heavy (non-hydrogen) atoms. The van der Waals surface area contributed by atoms with Gasteiger partial charge in [0.05, 0.1) is 19.4 Å². The van der Waals surface area contributed by atoms with Crippen molar-refractivity contribution in [2.24, 2.45) is 5.16 Å². The number of fused-ring (bicyclic) bond motifs is 2. The zero-order valence-electron chi connectivity index (χ0n) is 17.9. The van der Waals surface area contributed by atoms with Crippen molar-refractivity contribution in [2.45, 2.75) is 36.1 Å². The number of hydrogen-bond acceptors (Lipinski definition) is 9. The normalized spacial score (nSPS) is 31.2. The van der Waals surface area contributed by atoms with E-state index in [-0.39, 0.29) is 13.2 Å². The monoisotopic (exact) mass is 479 g/mol. The highest BCUT2D eigenvalue weighted by atomic mass is 35.5. The first-order valence-corrected chi connectivity index (χ1v) is 10.8. The molecule has 2 saturated heterocycles. The van der Waals surface area contributed by atoms with E-state index < -0.39 is 36.3 Å². The third-order valence-electron chi connectivity index (χ3n) is 6.00. The highest BCUT2D eigenvalue weighted by Gasteiger charge is 2.67. The Hall–Kier alpha value is -2.24. The van der Waals surface area contributed by atoms with Crippen molar-refractivity contribution in [1.29, 1.82) is 0 Å². The molecule has 10 heteroatoms. The number of nitrogens with zero attached hydrogens (tertiary/aromatic N) is 1. The summed E-state index contributed by atoms with van der Waals surface area (Å²) in [7, 11) is 1.46. The Labute approximate surface area is 195 Å². The number of ether oxygens (including phenoxy) is 3. The third kappa shape index (κ3) is 4.33. The highest BCUT2D eigenvalue weighted by Crippen LogP contribution is 2.49. The van der Waals surface area contributed by atoms with Crippen molar-refractivity contribution in [2.75, 3.05) is 26.9 Å². The molecule has 178 valence electrons. The first-order chi connectivity index (χ1) is 15.8. The molecule has 4 N–H and O–H groups in total. The van der Waals surface area contributed by atoms with E-state index in [1.54, 1.807) is 18.2 Å². The summed E-state index contributed by atoms with van der Waals surface area (Å²) < 4.78 is 17.2. The molecule has 0 saturated carbocycles. The smallest absolute Gasteiger partial charge is 0.225 e. The van der Waals surface area contributed by atoms with Crippen LogP contribution in [-0.4, -0.2) is 77.5 Å². The quantitative estimate of drug-likeness (QED) is 0.325. The predicted molar refractivity (Wildman–Crippen MR) is 118 cm³/mol. The molecule has 2 aliphatic rings. The topological polar surface area (TPSA) is 130 Å². The molecule has 2 bridgehead atoms. The molecule has 0 unspecified atom stereocenters. The summed E-state index contributed by atoms with van der Waals surface area (Å²) in [6.45, 7) is -0.486.